The molecule has 2 aromatic rings. The zero-order valence-electron chi connectivity index (χ0n) is 14.7. The SMILES string of the molecule is O=C(CCCC(=O)OCc1cc(F)c(F)c(F)c1)OCc1cc(F)c(F)c(F)c1. The molecule has 0 heterocycles. The molecule has 0 aliphatic rings. The first-order valence-corrected chi connectivity index (χ1v) is 8.25. The molecule has 0 aliphatic heterocycles. The van der Waals surface area contributed by atoms with E-state index in [1.807, 2.05) is 0 Å². The molecule has 0 atom stereocenters. The zero-order valence-corrected chi connectivity index (χ0v) is 14.7. The number of halogens is 6. The van der Waals surface area contributed by atoms with Gasteiger partial charge in [0.2, 0.25) is 0 Å². The third-order valence-electron chi connectivity index (χ3n) is 3.65. The summed E-state index contributed by atoms with van der Waals surface area (Å²) in [6, 6.07) is 2.74. The van der Waals surface area contributed by atoms with Crippen LogP contribution in [0.4, 0.5) is 26.3 Å². The summed E-state index contributed by atoms with van der Waals surface area (Å²) in [6.45, 7) is -0.974. The molecule has 0 aliphatic carbocycles. The van der Waals surface area contributed by atoms with E-state index in [1.54, 1.807) is 0 Å². The van der Waals surface area contributed by atoms with Gasteiger partial charge in [-0.3, -0.25) is 9.59 Å². The number of esters is 2. The molecular formula is C19H14F6O4. The van der Waals surface area contributed by atoms with E-state index >= 15 is 0 Å². The van der Waals surface area contributed by atoms with Gasteiger partial charge in [0, 0.05) is 12.8 Å². The Hall–Kier alpha value is -3.04. The number of carbonyl (C=O) groups excluding carboxylic acids is 2. The summed E-state index contributed by atoms with van der Waals surface area (Å²) >= 11 is 0. The summed E-state index contributed by atoms with van der Waals surface area (Å²) < 4.78 is 87.4. The maximum Gasteiger partial charge on any atom is 0.306 e. The summed E-state index contributed by atoms with van der Waals surface area (Å²) in [4.78, 5) is 23.1. The molecule has 0 spiro atoms. The van der Waals surface area contributed by atoms with E-state index in [2.05, 4.69) is 0 Å². The summed E-state index contributed by atoms with van der Waals surface area (Å²) in [5.74, 6) is -10.5. The van der Waals surface area contributed by atoms with Gasteiger partial charge < -0.3 is 9.47 Å². The number of hydrogen-bond donors (Lipinski definition) is 0. The normalized spacial score (nSPS) is 10.7. The summed E-state index contributed by atoms with van der Waals surface area (Å²) in [7, 11) is 0. The van der Waals surface area contributed by atoms with Gasteiger partial charge in [-0.2, -0.15) is 0 Å². The number of hydrogen-bond acceptors (Lipinski definition) is 4. The van der Waals surface area contributed by atoms with Gasteiger partial charge in [-0.1, -0.05) is 0 Å². The van der Waals surface area contributed by atoms with Crippen LogP contribution in [0.3, 0.4) is 0 Å². The zero-order chi connectivity index (χ0) is 21.6. The minimum Gasteiger partial charge on any atom is -0.461 e. The molecule has 0 bridgehead atoms. The van der Waals surface area contributed by atoms with Crippen LogP contribution in [0.1, 0.15) is 30.4 Å². The number of rotatable bonds is 8. The van der Waals surface area contributed by atoms with Gasteiger partial charge in [-0.05, 0) is 41.8 Å². The lowest BCUT2D eigenvalue weighted by Gasteiger charge is -2.07. The highest BCUT2D eigenvalue weighted by atomic mass is 19.2. The minimum atomic E-state index is -1.63. The topological polar surface area (TPSA) is 52.6 Å². The summed E-state index contributed by atoms with van der Waals surface area (Å²) in [6.07, 6.45) is -0.432. The van der Waals surface area contributed by atoms with E-state index in [4.69, 9.17) is 9.47 Å². The molecule has 156 valence electrons. The van der Waals surface area contributed by atoms with E-state index < -0.39 is 60.1 Å². The Bertz CT molecular complexity index is 796. The molecule has 29 heavy (non-hydrogen) atoms. The average Bonchev–Trinajstić information content (AvgIpc) is 2.66. The van der Waals surface area contributed by atoms with Crippen molar-refractivity contribution in [3.63, 3.8) is 0 Å². The first kappa shape index (κ1) is 22.3. The molecule has 2 rings (SSSR count). The lowest BCUT2D eigenvalue weighted by molar-refractivity contribution is -0.146. The standard InChI is InChI=1S/C19H14F6O4/c20-12-4-10(5-13(21)18(12)24)8-28-16(26)2-1-3-17(27)29-9-11-6-14(22)19(25)15(23)7-11/h4-7H,1-3,8-9H2. The van der Waals surface area contributed by atoms with Gasteiger partial charge in [0.25, 0.3) is 0 Å². The van der Waals surface area contributed by atoms with Crippen LogP contribution in [0.15, 0.2) is 24.3 Å². The second-order valence-corrected chi connectivity index (χ2v) is 5.92. The predicted octanol–water partition coefficient (Wildman–Crippen LogP) is 4.48. The van der Waals surface area contributed by atoms with E-state index in [1.165, 1.54) is 0 Å². The fourth-order valence-corrected chi connectivity index (χ4v) is 2.23. The molecule has 0 amide bonds. The van der Waals surface area contributed by atoms with Gasteiger partial charge in [0.1, 0.15) is 13.2 Å². The Balaban J connectivity index is 1.70. The lowest BCUT2D eigenvalue weighted by atomic mass is 10.2. The van der Waals surface area contributed by atoms with Crippen LogP contribution in [0, 0.1) is 34.9 Å². The van der Waals surface area contributed by atoms with Crippen LogP contribution < -0.4 is 0 Å². The van der Waals surface area contributed by atoms with Gasteiger partial charge in [0.05, 0.1) is 0 Å². The Morgan fingerprint density at radius 2 is 0.931 bits per heavy atom. The molecule has 0 N–H and O–H groups in total. The van der Waals surface area contributed by atoms with E-state index in [9.17, 15) is 35.9 Å². The molecule has 2 aromatic carbocycles. The Morgan fingerprint density at radius 1 is 0.621 bits per heavy atom. The average molecular weight is 420 g/mol. The van der Waals surface area contributed by atoms with Crippen molar-refractivity contribution in [3.8, 4) is 0 Å². The number of benzene rings is 2. The van der Waals surface area contributed by atoms with Crippen LogP contribution in [-0.2, 0) is 32.3 Å². The molecule has 0 fully saturated rings. The maximum absolute atomic E-state index is 13.0. The highest BCUT2D eigenvalue weighted by Gasteiger charge is 2.14. The Morgan fingerprint density at radius 3 is 1.24 bits per heavy atom. The largest absolute Gasteiger partial charge is 0.461 e. The van der Waals surface area contributed by atoms with Gasteiger partial charge >= 0.3 is 11.9 Å². The van der Waals surface area contributed by atoms with E-state index in [0.29, 0.717) is 24.3 Å². The monoisotopic (exact) mass is 420 g/mol. The van der Waals surface area contributed by atoms with Crippen LogP contribution in [0.5, 0.6) is 0 Å². The first-order chi connectivity index (χ1) is 13.7. The molecule has 4 nitrogen and oxygen atoms in total. The Labute approximate surface area is 161 Å². The molecule has 0 radical (unpaired) electrons. The van der Waals surface area contributed by atoms with Crippen LogP contribution in [-0.4, -0.2) is 11.9 Å². The fourth-order valence-electron chi connectivity index (χ4n) is 2.23. The van der Waals surface area contributed by atoms with E-state index in [-0.39, 0.29) is 30.4 Å². The number of ether oxygens (including phenoxy) is 2. The molecule has 0 saturated carbocycles. The van der Waals surface area contributed by atoms with Crippen molar-refractivity contribution in [2.75, 3.05) is 0 Å². The van der Waals surface area contributed by atoms with Crippen LogP contribution in [0.25, 0.3) is 0 Å². The van der Waals surface area contributed by atoms with Gasteiger partial charge in [-0.25, -0.2) is 26.3 Å². The quantitative estimate of drug-likeness (QED) is 0.359. The van der Waals surface area contributed by atoms with Crippen molar-refractivity contribution in [3.05, 3.63) is 70.3 Å². The highest BCUT2D eigenvalue weighted by Crippen LogP contribution is 2.16. The molecule has 0 unspecified atom stereocenters. The fraction of sp³-hybridized carbons (Fsp3) is 0.263. The predicted molar refractivity (Wildman–Crippen MR) is 86.1 cm³/mol. The second kappa shape index (κ2) is 9.94. The van der Waals surface area contributed by atoms with Crippen molar-refractivity contribution < 1.29 is 45.4 Å². The maximum atomic E-state index is 13.0. The van der Waals surface area contributed by atoms with Crippen molar-refractivity contribution in [2.45, 2.75) is 32.5 Å². The number of carbonyl (C=O) groups is 2. The second-order valence-electron chi connectivity index (χ2n) is 5.92. The smallest absolute Gasteiger partial charge is 0.306 e. The summed E-state index contributed by atoms with van der Waals surface area (Å²) in [5, 5.41) is 0. The third kappa shape index (κ3) is 6.51. The molecule has 0 saturated heterocycles. The Kier molecular flexibility index (Phi) is 7.63. The molecule has 0 aromatic heterocycles. The first-order valence-electron chi connectivity index (χ1n) is 8.25. The molecule has 10 heteroatoms. The molecular weight excluding hydrogens is 406 g/mol. The summed E-state index contributed by atoms with van der Waals surface area (Å²) in [5.41, 5.74) is -0.180. The van der Waals surface area contributed by atoms with E-state index in [0.717, 1.165) is 0 Å². The van der Waals surface area contributed by atoms with Crippen molar-refractivity contribution in [1.82, 2.24) is 0 Å². The highest BCUT2D eigenvalue weighted by molar-refractivity contribution is 5.72. The van der Waals surface area contributed by atoms with Gasteiger partial charge in [-0.15, -0.1) is 0 Å². The minimum absolute atomic E-state index is 0.00987. The lowest BCUT2D eigenvalue weighted by Crippen LogP contribution is -2.09. The van der Waals surface area contributed by atoms with Gasteiger partial charge in [0.15, 0.2) is 34.9 Å². The third-order valence-corrected chi connectivity index (χ3v) is 3.65. The van der Waals surface area contributed by atoms with Crippen LogP contribution in [0.2, 0.25) is 0 Å². The van der Waals surface area contributed by atoms with Crippen molar-refractivity contribution in [1.29, 1.82) is 0 Å². The van der Waals surface area contributed by atoms with Crippen LogP contribution >= 0.6 is 0 Å². The van der Waals surface area contributed by atoms with Crippen molar-refractivity contribution >= 4 is 11.9 Å². The van der Waals surface area contributed by atoms with Crippen molar-refractivity contribution in [2.24, 2.45) is 0 Å².